The lowest BCUT2D eigenvalue weighted by atomic mass is 10.2. The minimum atomic E-state index is -3.61. The van der Waals surface area contributed by atoms with Crippen LogP contribution in [0.2, 0.25) is 0 Å². The fourth-order valence-electron chi connectivity index (χ4n) is 1.62. The third kappa shape index (κ3) is 4.86. The molecule has 2 N–H and O–H groups in total. The Morgan fingerprint density at radius 3 is 1.95 bits per heavy atom. The van der Waals surface area contributed by atoms with E-state index in [1.54, 1.807) is 7.05 Å². The third-order valence-electron chi connectivity index (χ3n) is 2.74. The van der Waals surface area contributed by atoms with Crippen LogP contribution < -0.4 is 10.0 Å². The van der Waals surface area contributed by atoms with Gasteiger partial charge in [0.25, 0.3) is 0 Å². The smallest absolute Gasteiger partial charge is 0.240 e. The maximum Gasteiger partial charge on any atom is 0.240 e. The normalized spacial score (nSPS) is 14.2. The van der Waals surface area contributed by atoms with E-state index in [9.17, 15) is 16.8 Å². The minimum Gasteiger partial charge on any atom is -0.319 e. The summed E-state index contributed by atoms with van der Waals surface area (Å²) in [5, 5.41) is 2.97. The molecule has 0 heterocycles. The molecule has 0 aliphatic rings. The quantitative estimate of drug-likeness (QED) is 0.750. The Morgan fingerprint density at radius 1 is 1.00 bits per heavy atom. The summed E-state index contributed by atoms with van der Waals surface area (Å²) in [5.74, 6) is 0.157. The maximum absolute atomic E-state index is 12.0. The standard InChI is InChI=1S/C12H20N2O4S2/c1-10(8-13-2)9-14-20(17,18)12-6-4-11(5-7-12)19(3,15)16/h4-7,10,13-14H,8-9H2,1-3H3. The molecule has 0 aliphatic carbocycles. The van der Waals surface area contributed by atoms with Gasteiger partial charge >= 0.3 is 0 Å². The molecule has 0 saturated carbocycles. The summed E-state index contributed by atoms with van der Waals surface area (Å²) < 4.78 is 49.2. The molecule has 1 aromatic carbocycles. The van der Waals surface area contributed by atoms with Gasteiger partial charge in [-0.2, -0.15) is 0 Å². The van der Waals surface area contributed by atoms with Crippen LogP contribution in [0.1, 0.15) is 6.92 Å². The molecule has 0 bridgehead atoms. The average Bonchev–Trinajstić information content (AvgIpc) is 2.36. The summed E-state index contributed by atoms with van der Waals surface area (Å²) >= 11 is 0. The number of sulfonamides is 1. The van der Waals surface area contributed by atoms with Gasteiger partial charge in [-0.15, -0.1) is 0 Å². The topological polar surface area (TPSA) is 92.3 Å². The molecule has 0 fully saturated rings. The monoisotopic (exact) mass is 320 g/mol. The molecule has 8 heteroatoms. The van der Waals surface area contributed by atoms with Crippen molar-refractivity contribution in [1.29, 1.82) is 0 Å². The first-order valence-electron chi connectivity index (χ1n) is 6.11. The number of nitrogens with one attached hydrogen (secondary N) is 2. The fourth-order valence-corrected chi connectivity index (χ4v) is 3.42. The van der Waals surface area contributed by atoms with Crippen molar-refractivity contribution in [2.45, 2.75) is 16.7 Å². The molecule has 1 unspecified atom stereocenters. The number of hydrogen-bond acceptors (Lipinski definition) is 5. The van der Waals surface area contributed by atoms with Gasteiger partial charge in [-0.3, -0.25) is 0 Å². The lowest BCUT2D eigenvalue weighted by molar-refractivity contribution is 0.519. The third-order valence-corrected chi connectivity index (χ3v) is 5.30. The van der Waals surface area contributed by atoms with Crippen LogP contribution in [0.25, 0.3) is 0 Å². The Morgan fingerprint density at radius 2 is 1.50 bits per heavy atom. The summed E-state index contributed by atoms with van der Waals surface area (Å²) in [5.41, 5.74) is 0. The van der Waals surface area contributed by atoms with Crippen LogP contribution in [-0.4, -0.2) is 43.2 Å². The average molecular weight is 320 g/mol. The molecule has 20 heavy (non-hydrogen) atoms. The molecular formula is C12H20N2O4S2. The van der Waals surface area contributed by atoms with Crippen molar-refractivity contribution in [3.05, 3.63) is 24.3 Å². The van der Waals surface area contributed by atoms with Gasteiger partial charge in [-0.25, -0.2) is 21.6 Å². The largest absolute Gasteiger partial charge is 0.319 e. The van der Waals surface area contributed by atoms with Crippen LogP contribution in [0.5, 0.6) is 0 Å². The predicted molar refractivity (Wildman–Crippen MR) is 77.8 cm³/mol. The van der Waals surface area contributed by atoms with Crippen molar-refractivity contribution in [3.63, 3.8) is 0 Å². The summed E-state index contributed by atoms with van der Waals surface area (Å²) in [6, 6.07) is 5.17. The second-order valence-corrected chi connectivity index (χ2v) is 8.54. The highest BCUT2D eigenvalue weighted by atomic mass is 32.2. The second-order valence-electron chi connectivity index (χ2n) is 4.76. The Hall–Kier alpha value is -0.960. The SMILES string of the molecule is CNCC(C)CNS(=O)(=O)c1ccc(S(C)(=O)=O)cc1. The highest BCUT2D eigenvalue weighted by molar-refractivity contribution is 7.90. The first-order chi connectivity index (χ1) is 9.16. The lowest BCUT2D eigenvalue weighted by Gasteiger charge is -2.12. The maximum atomic E-state index is 12.0. The van der Waals surface area contributed by atoms with E-state index in [0.29, 0.717) is 13.1 Å². The molecular weight excluding hydrogens is 300 g/mol. The number of sulfone groups is 1. The summed E-state index contributed by atoms with van der Waals surface area (Å²) in [6.45, 7) is 2.94. The molecule has 1 rings (SSSR count). The van der Waals surface area contributed by atoms with Gasteiger partial charge in [-0.1, -0.05) is 6.92 Å². The first kappa shape index (κ1) is 17.1. The van der Waals surface area contributed by atoms with Crippen molar-refractivity contribution in [2.24, 2.45) is 5.92 Å². The zero-order valence-electron chi connectivity index (χ0n) is 11.8. The van der Waals surface area contributed by atoms with Crippen LogP contribution in [0.15, 0.2) is 34.1 Å². The number of rotatable bonds is 7. The lowest BCUT2D eigenvalue weighted by Crippen LogP contribution is -2.32. The van der Waals surface area contributed by atoms with E-state index in [-0.39, 0.29) is 15.7 Å². The van der Waals surface area contributed by atoms with Gasteiger partial charge < -0.3 is 5.32 Å². The van der Waals surface area contributed by atoms with Crippen LogP contribution in [-0.2, 0) is 19.9 Å². The zero-order valence-corrected chi connectivity index (χ0v) is 13.4. The van der Waals surface area contributed by atoms with Crippen molar-refractivity contribution in [2.75, 3.05) is 26.4 Å². The molecule has 0 aliphatic heterocycles. The molecule has 6 nitrogen and oxygen atoms in total. The zero-order chi connectivity index (χ0) is 15.4. The highest BCUT2D eigenvalue weighted by Gasteiger charge is 2.16. The fraction of sp³-hybridized carbons (Fsp3) is 0.500. The molecule has 1 aromatic rings. The van der Waals surface area contributed by atoms with Crippen LogP contribution >= 0.6 is 0 Å². The predicted octanol–water partition coefficient (Wildman–Crippen LogP) is 0.224. The van der Waals surface area contributed by atoms with Crippen molar-refractivity contribution in [1.82, 2.24) is 10.0 Å². The van der Waals surface area contributed by atoms with E-state index >= 15 is 0 Å². The van der Waals surface area contributed by atoms with Crippen LogP contribution in [0.4, 0.5) is 0 Å². The Kier molecular flexibility index (Phi) is 5.69. The van der Waals surface area contributed by atoms with E-state index in [0.717, 1.165) is 6.26 Å². The highest BCUT2D eigenvalue weighted by Crippen LogP contribution is 2.14. The van der Waals surface area contributed by atoms with E-state index in [1.165, 1.54) is 24.3 Å². The van der Waals surface area contributed by atoms with E-state index in [1.807, 2.05) is 6.92 Å². The van der Waals surface area contributed by atoms with Crippen molar-refractivity contribution in [3.8, 4) is 0 Å². The van der Waals surface area contributed by atoms with Gasteiger partial charge in [-0.05, 0) is 43.8 Å². The second kappa shape index (κ2) is 6.66. The number of hydrogen-bond donors (Lipinski definition) is 2. The Labute approximate surface area is 120 Å². The minimum absolute atomic E-state index is 0.0570. The van der Waals surface area contributed by atoms with E-state index in [2.05, 4.69) is 10.0 Å². The van der Waals surface area contributed by atoms with Crippen LogP contribution in [0.3, 0.4) is 0 Å². The van der Waals surface area contributed by atoms with Crippen molar-refractivity contribution >= 4 is 19.9 Å². The number of benzene rings is 1. The van der Waals surface area contributed by atoms with E-state index in [4.69, 9.17) is 0 Å². The van der Waals surface area contributed by atoms with Gasteiger partial charge in [0.05, 0.1) is 9.79 Å². The van der Waals surface area contributed by atoms with Gasteiger partial charge in [0.15, 0.2) is 9.84 Å². The van der Waals surface area contributed by atoms with Gasteiger partial charge in [0.2, 0.25) is 10.0 Å². The molecule has 0 aromatic heterocycles. The first-order valence-corrected chi connectivity index (χ1v) is 9.48. The molecule has 0 spiro atoms. The summed E-state index contributed by atoms with van der Waals surface area (Å²) in [4.78, 5) is 0.154. The Bertz CT molecular complexity index is 637. The molecule has 0 radical (unpaired) electrons. The summed E-state index contributed by atoms with van der Waals surface area (Å²) in [6.07, 6.45) is 1.08. The molecule has 0 saturated heterocycles. The summed E-state index contributed by atoms with van der Waals surface area (Å²) in [7, 11) is -5.13. The molecule has 0 amide bonds. The van der Waals surface area contributed by atoms with E-state index < -0.39 is 19.9 Å². The molecule has 114 valence electrons. The molecule has 1 atom stereocenters. The Balaban J connectivity index is 2.83. The van der Waals surface area contributed by atoms with Gasteiger partial charge in [0.1, 0.15) is 0 Å². The van der Waals surface area contributed by atoms with Gasteiger partial charge in [0, 0.05) is 12.8 Å². The van der Waals surface area contributed by atoms with Crippen molar-refractivity contribution < 1.29 is 16.8 Å². The van der Waals surface area contributed by atoms with Crippen LogP contribution in [0, 0.1) is 5.92 Å².